The van der Waals surface area contributed by atoms with Crippen LogP contribution in [0.2, 0.25) is 0 Å². The van der Waals surface area contributed by atoms with Gasteiger partial charge in [0.1, 0.15) is 11.3 Å². The van der Waals surface area contributed by atoms with E-state index in [0.29, 0.717) is 17.8 Å². The summed E-state index contributed by atoms with van der Waals surface area (Å²) in [5.74, 6) is -0.209. The summed E-state index contributed by atoms with van der Waals surface area (Å²) in [4.78, 5) is 13.3. The molecule has 3 N–H and O–H groups in total. The zero-order valence-electron chi connectivity index (χ0n) is 13.5. The van der Waals surface area contributed by atoms with E-state index < -0.39 is 0 Å². The maximum Gasteiger partial charge on any atom is 0.259 e. The van der Waals surface area contributed by atoms with E-state index in [2.05, 4.69) is 38.5 Å². The van der Waals surface area contributed by atoms with Crippen molar-refractivity contribution in [2.24, 2.45) is 0 Å². The van der Waals surface area contributed by atoms with Crippen LogP contribution in [-0.2, 0) is 6.42 Å². The Kier molecular flexibility index (Phi) is 5.88. The first-order valence-corrected chi connectivity index (χ1v) is 9.59. The number of carbonyl (C=O) groups is 1. The van der Waals surface area contributed by atoms with Gasteiger partial charge in [-0.25, -0.2) is 0 Å². The summed E-state index contributed by atoms with van der Waals surface area (Å²) < 4.78 is 5.98. The molecule has 0 atom stereocenters. The number of rotatable bonds is 7. The molecule has 2 aromatic heterocycles. The van der Waals surface area contributed by atoms with E-state index in [1.165, 1.54) is 16.9 Å². The fourth-order valence-electron chi connectivity index (χ4n) is 2.52. The average molecular weight is 420 g/mol. The van der Waals surface area contributed by atoms with Crippen LogP contribution in [0.1, 0.15) is 28.8 Å². The van der Waals surface area contributed by atoms with Crippen LogP contribution in [0.15, 0.2) is 50.8 Å². The first-order valence-electron chi connectivity index (χ1n) is 7.98. The van der Waals surface area contributed by atoms with Crippen LogP contribution in [0.25, 0.3) is 10.6 Å². The minimum Gasteiger partial charge on any atom is -0.367 e. The van der Waals surface area contributed by atoms with Crippen LogP contribution in [0, 0.1) is 0 Å². The number of thiophene rings is 1. The maximum absolute atomic E-state index is 12.5. The van der Waals surface area contributed by atoms with Gasteiger partial charge in [-0.15, -0.1) is 11.3 Å². The van der Waals surface area contributed by atoms with Crippen LogP contribution in [0.4, 0.5) is 5.88 Å². The van der Waals surface area contributed by atoms with E-state index in [9.17, 15) is 4.79 Å². The summed E-state index contributed by atoms with van der Waals surface area (Å²) in [6.07, 6.45) is 2.90. The number of halogens is 1. The summed E-state index contributed by atoms with van der Waals surface area (Å²) in [7, 11) is 0. The molecule has 130 valence electrons. The van der Waals surface area contributed by atoms with E-state index in [1.807, 2.05) is 30.3 Å². The van der Waals surface area contributed by atoms with Crippen LogP contribution in [0.3, 0.4) is 0 Å². The molecule has 25 heavy (non-hydrogen) atoms. The number of nitrogens with zero attached hydrogens (tertiary/aromatic N) is 1. The molecular weight excluding hydrogens is 402 g/mol. The van der Waals surface area contributed by atoms with Gasteiger partial charge in [0.15, 0.2) is 0 Å². The summed E-state index contributed by atoms with van der Waals surface area (Å²) in [6.45, 7) is 0.587. The molecule has 0 bridgehead atoms. The lowest BCUT2D eigenvalue weighted by atomic mass is 10.1. The van der Waals surface area contributed by atoms with Gasteiger partial charge in [-0.2, -0.15) is 0 Å². The third kappa shape index (κ3) is 4.49. The normalized spacial score (nSPS) is 10.8. The highest BCUT2D eigenvalue weighted by Gasteiger charge is 2.23. The first kappa shape index (κ1) is 17.7. The van der Waals surface area contributed by atoms with Gasteiger partial charge in [-0.1, -0.05) is 35.5 Å². The Balaban J connectivity index is 1.54. The lowest BCUT2D eigenvalue weighted by molar-refractivity contribution is 0.0954. The predicted molar refractivity (Wildman–Crippen MR) is 104 cm³/mol. The lowest BCUT2D eigenvalue weighted by Crippen LogP contribution is -2.25. The molecule has 5 nitrogen and oxygen atoms in total. The number of carbonyl (C=O) groups excluding carboxylic acids is 1. The number of aryl methyl sites for hydroxylation is 1. The first-order chi connectivity index (χ1) is 12.1. The summed E-state index contributed by atoms with van der Waals surface area (Å²) in [5.41, 5.74) is 7.89. The molecule has 0 aliphatic heterocycles. The Hall–Kier alpha value is -2.12. The van der Waals surface area contributed by atoms with Crippen molar-refractivity contribution in [3.63, 3.8) is 0 Å². The van der Waals surface area contributed by atoms with Crippen molar-refractivity contribution in [2.75, 3.05) is 12.3 Å². The summed E-state index contributed by atoms with van der Waals surface area (Å²) in [5, 5.41) is 6.84. The maximum atomic E-state index is 12.5. The highest BCUT2D eigenvalue weighted by Crippen LogP contribution is 2.34. The van der Waals surface area contributed by atoms with Crippen molar-refractivity contribution in [1.29, 1.82) is 0 Å². The molecule has 0 fully saturated rings. The number of benzene rings is 1. The van der Waals surface area contributed by atoms with E-state index in [-0.39, 0.29) is 11.8 Å². The molecule has 2 heterocycles. The molecule has 0 saturated heterocycles. The number of amides is 1. The second-order valence-electron chi connectivity index (χ2n) is 5.57. The Morgan fingerprint density at radius 1 is 1.20 bits per heavy atom. The van der Waals surface area contributed by atoms with Crippen molar-refractivity contribution >= 4 is 39.1 Å². The Morgan fingerprint density at radius 2 is 2.00 bits per heavy atom. The Bertz CT molecular complexity index is 845. The van der Waals surface area contributed by atoms with Crippen molar-refractivity contribution in [3.8, 4) is 10.6 Å². The summed E-state index contributed by atoms with van der Waals surface area (Å²) >= 11 is 4.88. The standard InChI is InChI=1S/C18H18BrN3O2S/c19-14-10-9-13(25-14)16-15(17(20)24-22-16)18(23)21-11-5-4-8-12-6-2-1-3-7-12/h1-3,6-7,9-10H,4-5,8,11,20H2,(H,21,23). The monoisotopic (exact) mass is 419 g/mol. The third-order valence-corrected chi connectivity index (χ3v) is 5.40. The molecule has 3 aromatic rings. The Morgan fingerprint density at radius 3 is 2.72 bits per heavy atom. The number of hydrogen-bond acceptors (Lipinski definition) is 5. The van der Waals surface area contributed by atoms with Gasteiger partial charge in [-0.05, 0) is 52.9 Å². The molecule has 0 aliphatic carbocycles. The molecule has 0 spiro atoms. The number of aromatic nitrogens is 1. The van der Waals surface area contributed by atoms with Gasteiger partial charge in [-0.3, -0.25) is 4.79 Å². The number of nitrogens with two attached hydrogens (primary N) is 1. The molecule has 7 heteroatoms. The average Bonchev–Trinajstić information content (AvgIpc) is 3.21. The number of nitrogens with one attached hydrogen (secondary N) is 1. The fourth-order valence-corrected chi connectivity index (χ4v) is 3.89. The van der Waals surface area contributed by atoms with Gasteiger partial charge in [0.2, 0.25) is 5.88 Å². The molecule has 3 rings (SSSR count). The van der Waals surface area contributed by atoms with Crippen LogP contribution >= 0.6 is 27.3 Å². The van der Waals surface area contributed by atoms with Crippen molar-refractivity contribution in [3.05, 3.63) is 57.4 Å². The van der Waals surface area contributed by atoms with Gasteiger partial charge >= 0.3 is 0 Å². The smallest absolute Gasteiger partial charge is 0.259 e. The highest BCUT2D eigenvalue weighted by atomic mass is 79.9. The minimum atomic E-state index is -0.252. The number of unbranched alkanes of at least 4 members (excludes halogenated alkanes) is 1. The fraction of sp³-hybridized carbons (Fsp3) is 0.222. The minimum absolute atomic E-state index is 0.0429. The van der Waals surface area contributed by atoms with E-state index in [0.717, 1.165) is 27.9 Å². The third-order valence-electron chi connectivity index (χ3n) is 3.77. The predicted octanol–water partition coefficient (Wildman–Crippen LogP) is 4.50. The molecule has 1 aromatic carbocycles. The van der Waals surface area contributed by atoms with Gasteiger partial charge < -0.3 is 15.6 Å². The molecule has 1 amide bonds. The van der Waals surface area contributed by atoms with Gasteiger partial charge in [0.25, 0.3) is 5.91 Å². The molecule has 0 radical (unpaired) electrons. The SMILES string of the molecule is Nc1onc(-c2ccc(Br)s2)c1C(=O)NCCCCc1ccccc1. The van der Waals surface area contributed by atoms with Gasteiger partial charge in [0.05, 0.1) is 8.66 Å². The van der Waals surface area contributed by atoms with E-state index in [1.54, 1.807) is 0 Å². The number of anilines is 1. The van der Waals surface area contributed by atoms with Crippen LogP contribution in [-0.4, -0.2) is 17.6 Å². The molecular formula is C18H18BrN3O2S. The van der Waals surface area contributed by atoms with Crippen LogP contribution in [0.5, 0.6) is 0 Å². The number of nitrogen functional groups attached to an aromatic ring is 1. The zero-order chi connectivity index (χ0) is 17.6. The van der Waals surface area contributed by atoms with Crippen LogP contribution < -0.4 is 11.1 Å². The molecule has 0 aliphatic rings. The molecule has 0 saturated carbocycles. The number of hydrogen-bond donors (Lipinski definition) is 2. The van der Waals surface area contributed by atoms with E-state index >= 15 is 0 Å². The highest BCUT2D eigenvalue weighted by molar-refractivity contribution is 9.11. The molecule has 0 unspecified atom stereocenters. The van der Waals surface area contributed by atoms with Gasteiger partial charge in [0, 0.05) is 6.54 Å². The second kappa shape index (κ2) is 8.31. The van der Waals surface area contributed by atoms with Crippen molar-refractivity contribution in [1.82, 2.24) is 10.5 Å². The van der Waals surface area contributed by atoms with Crippen molar-refractivity contribution in [2.45, 2.75) is 19.3 Å². The second-order valence-corrected chi connectivity index (χ2v) is 8.04. The lowest BCUT2D eigenvalue weighted by Gasteiger charge is -2.05. The quantitative estimate of drug-likeness (QED) is 0.552. The Labute approximate surface area is 158 Å². The van der Waals surface area contributed by atoms with Crippen molar-refractivity contribution < 1.29 is 9.32 Å². The summed E-state index contributed by atoms with van der Waals surface area (Å²) in [6, 6.07) is 14.1. The largest absolute Gasteiger partial charge is 0.367 e. The van der Waals surface area contributed by atoms with E-state index in [4.69, 9.17) is 10.3 Å². The topological polar surface area (TPSA) is 81.2 Å². The zero-order valence-corrected chi connectivity index (χ0v) is 15.9.